The van der Waals surface area contributed by atoms with E-state index in [1.165, 1.54) is 58.8 Å². The summed E-state index contributed by atoms with van der Waals surface area (Å²) in [4.78, 5) is 6.15. The van der Waals surface area contributed by atoms with Crippen LogP contribution in [0.5, 0.6) is 0 Å². The number of aromatic nitrogens is 1. The summed E-state index contributed by atoms with van der Waals surface area (Å²) in [5.41, 5.74) is 4.39. The standard InChI is InChI=1S/C17H23IN2/c1-3-7-20(8-4-2)13-9-12-11-19-16-6-5-15(18)14(10-13)17(12)16/h5-6,11,13,19H,3-4,7-10H2,1-2H3/t13-/m0/s1. The molecule has 3 heteroatoms. The Morgan fingerprint density at radius 1 is 1.20 bits per heavy atom. The lowest BCUT2D eigenvalue weighted by atomic mass is 9.88. The van der Waals surface area contributed by atoms with E-state index in [0.717, 1.165) is 0 Å². The van der Waals surface area contributed by atoms with E-state index < -0.39 is 0 Å². The van der Waals surface area contributed by atoms with Crippen LogP contribution in [0.3, 0.4) is 0 Å². The Morgan fingerprint density at radius 2 is 1.95 bits per heavy atom. The molecule has 2 nitrogen and oxygen atoms in total. The van der Waals surface area contributed by atoms with Crippen LogP contribution in [0.15, 0.2) is 18.3 Å². The minimum absolute atomic E-state index is 0.678. The Morgan fingerprint density at radius 3 is 2.65 bits per heavy atom. The fourth-order valence-corrected chi connectivity index (χ4v) is 4.25. The van der Waals surface area contributed by atoms with Crippen LogP contribution < -0.4 is 0 Å². The molecule has 0 saturated heterocycles. The third kappa shape index (κ3) is 2.50. The number of benzene rings is 1. The first-order chi connectivity index (χ1) is 9.74. The van der Waals surface area contributed by atoms with Crippen LogP contribution in [0, 0.1) is 3.57 Å². The summed E-state index contributed by atoms with van der Waals surface area (Å²) in [6.45, 7) is 7.03. The molecular formula is C17H23IN2. The van der Waals surface area contributed by atoms with Gasteiger partial charge in [0.05, 0.1) is 0 Å². The van der Waals surface area contributed by atoms with Crippen molar-refractivity contribution in [3.63, 3.8) is 0 Å². The molecule has 0 spiro atoms. The maximum absolute atomic E-state index is 3.45. The SMILES string of the molecule is CCCN(CCC)[C@H]1Cc2c[nH]c3ccc(I)c(c23)C1. The number of nitrogens with one attached hydrogen (secondary N) is 1. The monoisotopic (exact) mass is 382 g/mol. The number of hydrogen-bond donors (Lipinski definition) is 1. The normalized spacial score (nSPS) is 18.1. The average Bonchev–Trinajstić information content (AvgIpc) is 2.86. The topological polar surface area (TPSA) is 19.0 Å². The zero-order chi connectivity index (χ0) is 14.1. The molecule has 1 heterocycles. The highest BCUT2D eigenvalue weighted by Crippen LogP contribution is 2.34. The van der Waals surface area contributed by atoms with E-state index in [1.54, 1.807) is 5.56 Å². The zero-order valence-electron chi connectivity index (χ0n) is 12.4. The number of H-pyrrole nitrogens is 1. The minimum atomic E-state index is 0.678. The Labute approximate surface area is 135 Å². The van der Waals surface area contributed by atoms with E-state index >= 15 is 0 Å². The number of hydrogen-bond acceptors (Lipinski definition) is 1. The minimum Gasteiger partial charge on any atom is -0.361 e. The molecule has 0 amide bonds. The first-order valence-corrected chi connectivity index (χ1v) is 8.83. The second kappa shape index (κ2) is 6.06. The van der Waals surface area contributed by atoms with Gasteiger partial charge in [0.2, 0.25) is 0 Å². The van der Waals surface area contributed by atoms with Crippen molar-refractivity contribution in [1.82, 2.24) is 9.88 Å². The summed E-state index contributed by atoms with van der Waals surface area (Å²) in [5.74, 6) is 0. The molecule has 20 heavy (non-hydrogen) atoms. The lowest BCUT2D eigenvalue weighted by Crippen LogP contribution is -2.41. The van der Waals surface area contributed by atoms with Gasteiger partial charge in [-0.3, -0.25) is 4.90 Å². The molecule has 108 valence electrons. The van der Waals surface area contributed by atoms with E-state index in [1.807, 2.05) is 0 Å². The van der Waals surface area contributed by atoms with Crippen molar-refractivity contribution >= 4 is 33.5 Å². The van der Waals surface area contributed by atoms with Crippen LogP contribution in [0.4, 0.5) is 0 Å². The van der Waals surface area contributed by atoms with Crippen LogP contribution in [-0.4, -0.2) is 29.0 Å². The van der Waals surface area contributed by atoms with Crippen LogP contribution in [0.25, 0.3) is 10.9 Å². The number of nitrogens with zero attached hydrogens (tertiary/aromatic N) is 1. The molecule has 1 aliphatic rings. The van der Waals surface area contributed by atoms with Crippen LogP contribution >= 0.6 is 22.6 Å². The molecule has 0 radical (unpaired) electrons. The summed E-state index contributed by atoms with van der Waals surface area (Å²) in [6, 6.07) is 5.16. The van der Waals surface area contributed by atoms with Crippen molar-refractivity contribution in [1.29, 1.82) is 0 Å². The maximum Gasteiger partial charge on any atom is 0.0460 e. The number of aromatic amines is 1. The van der Waals surface area contributed by atoms with E-state index in [-0.39, 0.29) is 0 Å². The molecule has 0 aliphatic heterocycles. The summed E-state index contributed by atoms with van der Waals surface area (Å²) in [7, 11) is 0. The van der Waals surface area contributed by atoms with E-state index in [4.69, 9.17) is 0 Å². The fraction of sp³-hybridized carbons (Fsp3) is 0.529. The molecule has 1 aromatic heterocycles. The molecule has 2 aromatic rings. The van der Waals surface area contributed by atoms with Gasteiger partial charge in [0, 0.05) is 26.7 Å². The van der Waals surface area contributed by atoms with Crippen molar-refractivity contribution in [2.24, 2.45) is 0 Å². The highest BCUT2D eigenvalue weighted by molar-refractivity contribution is 14.1. The lowest BCUT2D eigenvalue weighted by Gasteiger charge is -2.34. The molecule has 1 atom stereocenters. The summed E-state index contributed by atoms with van der Waals surface area (Å²) in [6.07, 6.45) is 7.13. The van der Waals surface area contributed by atoms with E-state index in [9.17, 15) is 0 Å². The van der Waals surface area contributed by atoms with Crippen molar-refractivity contribution < 1.29 is 0 Å². The van der Waals surface area contributed by atoms with Crippen molar-refractivity contribution in [3.8, 4) is 0 Å². The van der Waals surface area contributed by atoms with Gasteiger partial charge in [0.15, 0.2) is 0 Å². The largest absolute Gasteiger partial charge is 0.361 e. The summed E-state index contributed by atoms with van der Waals surface area (Å²) < 4.78 is 1.42. The fourth-order valence-electron chi connectivity index (χ4n) is 3.58. The Bertz CT molecular complexity index is 596. The average molecular weight is 382 g/mol. The molecule has 0 unspecified atom stereocenters. The van der Waals surface area contributed by atoms with Gasteiger partial charge in [-0.25, -0.2) is 0 Å². The Kier molecular flexibility index (Phi) is 4.36. The van der Waals surface area contributed by atoms with Crippen molar-refractivity contribution in [2.75, 3.05) is 13.1 Å². The van der Waals surface area contributed by atoms with E-state index in [0.29, 0.717) is 6.04 Å². The third-order valence-corrected chi connectivity index (χ3v) is 5.42. The van der Waals surface area contributed by atoms with E-state index in [2.05, 4.69) is 64.7 Å². The first kappa shape index (κ1) is 14.4. The zero-order valence-corrected chi connectivity index (χ0v) is 14.5. The lowest BCUT2D eigenvalue weighted by molar-refractivity contribution is 0.191. The molecule has 1 N–H and O–H groups in total. The highest BCUT2D eigenvalue weighted by Gasteiger charge is 2.27. The smallest absolute Gasteiger partial charge is 0.0460 e. The van der Waals surface area contributed by atoms with Gasteiger partial charge < -0.3 is 4.98 Å². The first-order valence-electron chi connectivity index (χ1n) is 7.76. The second-order valence-electron chi connectivity index (χ2n) is 5.86. The quantitative estimate of drug-likeness (QED) is 0.762. The molecule has 1 aliphatic carbocycles. The summed E-state index contributed by atoms with van der Waals surface area (Å²) >= 11 is 2.50. The number of rotatable bonds is 5. The third-order valence-electron chi connectivity index (χ3n) is 4.41. The van der Waals surface area contributed by atoms with Gasteiger partial charge in [-0.05, 0) is 84.6 Å². The van der Waals surface area contributed by atoms with Gasteiger partial charge in [-0.15, -0.1) is 0 Å². The predicted octanol–water partition coefficient (Wildman–Crippen LogP) is 4.36. The van der Waals surface area contributed by atoms with Crippen LogP contribution in [-0.2, 0) is 12.8 Å². The molecular weight excluding hydrogens is 359 g/mol. The van der Waals surface area contributed by atoms with Gasteiger partial charge in [-0.1, -0.05) is 13.8 Å². The second-order valence-corrected chi connectivity index (χ2v) is 7.02. The van der Waals surface area contributed by atoms with Gasteiger partial charge >= 0.3 is 0 Å². The van der Waals surface area contributed by atoms with Crippen molar-refractivity contribution in [3.05, 3.63) is 33.0 Å². The molecule has 1 aromatic carbocycles. The molecule has 0 saturated carbocycles. The predicted molar refractivity (Wildman–Crippen MR) is 94.4 cm³/mol. The highest BCUT2D eigenvalue weighted by atomic mass is 127. The maximum atomic E-state index is 3.45. The van der Waals surface area contributed by atoms with Crippen LogP contribution in [0.2, 0.25) is 0 Å². The number of halogens is 1. The van der Waals surface area contributed by atoms with Crippen LogP contribution in [0.1, 0.15) is 37.8 Å². The van der Waals surface area contributed by atoms with Gasteiger partial charge in [0.25, 0.3) is 0 Å². The van der Waals surface area contributed by atoms with Crippen molar-refractivity contribution in [2.45, 2.75) is 45.6 Å². The van der Waals surface area contributed by atoms with Gasteiger partial charge in [-0.2, -0.15) is 0 Å². The van der Waals surface area contributed by atoms with Gasteiger partial charge in [0.1, 0.15) is 0 Å². The summed E-state index contributed by atoms with van der Waals surface area (Å²) in [5, 5.41) is 1.50. The molecule has 0 fully saturated rings. The Balaban J connectivity index is 1.95. The Hall–Kier alpha value is -0.550. The molecule has 0 bridgehead atoms. The molecule has 3 rings (SSSR count).